The van der Waals surface area contributed by atoms with Crippen molar-refractivity contribution >= 4 is 16.8 Å². The lowest BCUT2D eigenvalue weighted by molar-refractivity contribution is 0.0955. The zero-order valence-electron chi connectivity index (χ0n) is 11.5. The molecule has 3 rings (SSSR count). The summed E-state index contributed by atoms with van der Waals surface area (Å²) in [5.41, 5.74) is 1.37. The van der Waals surface area contributed by atoms with Crippen LogP contribution in [0.1, 0.15) is 29.0 Å². The Bertz CT molecular complexity index is 759. The Morgan fingerprint density at radius 2 is 1.86 bits per heavy atom. The van der Waals surface area contributed by atoms with Gasteiger partial charge in [0.15, 0.2) is 22.9 Å². The maximum absolute atomic E-state index is 13.5. The van der Waals surface area contributed by atoms with Crippen LogP contribution in [0.5, 0.6) is 0 Å². The highest BCUT2D eigenvalue weighted by Crippen LogP contribution is 2.23. The minimum absolute atomic E-state index is 0.0819. The molecule has 1 heterocycles. The Balaban J connectivity index is 1.65. The minimum Gasteiger partial charge on any atom is -0.450 e. The maximum atomic E-state index is 13.5. The number of ketones is 1. The molecule has 0 unspecified atom stereocenters. The molecule has 0 saturated carbocycles. The number of rotatable bonds is 5. The summed E-state index contributed by atoms with van der Waals surface area (Å²) in [6, 6.07) is 16.3. The summed E-state index contributed by atoms with van der Waals surface area (Å²) >= 11 is 0. The molecule has 21 heavy (non-hydrogen) atoms. The third-order valence-corrected chi connectivity index (χ3v) is 3.48. The molecule has 0 N–H and O–H groups in total. The minimum atomic E-state index is -0.434. The number of fused-ring (bicyclic) bond motifs is 1. The standard InChI is InChI=1S/C18H15FO2/c19-15-10-5-9-14-12-17(21-18(14)15)16(20)11-4-8-13-6-2-1-3-7-13/h1-3,5-7,9-10,12H,4,8,11H2. The van der Waals surface area contributed by atoms with E-state index in [4.69, 9.17) is 4.42 Å². The number of carbonyl (C=O) groups excluding carboxylic acids is 1. The van der Waals surface area contributed by atoms with Crippen LogP contribution >= 0.6 is 0 Å². The topological polar surface area (TPSA) is 30.2 Å². The van der Waals surface area contributed by atoms with Gasteiger partial charge in [0.05, 0.1) is 0 Å². The van der Waals surface area contributed by atoms with Crippen LogP contribution in [0.4, 0.5) is 4.39 Å². The molecule has 0 spiro atoms. The highest BCUT2D eigenvalue weighted by atomic mass is 19.1. The first-order chi connectivity index (χ1) is 10.2. The fraction of sp³-hybridized carbons (Fsp3) is 0.167. The zero-order chi connectivity index (χ0) is 14.7. The lowest BCUT2D eigenvalue weighted by atomic mass is 10.1. The smallest absolute Gasteiger partial charge is 0.198 e. The van der Waals surface area contributed by atoms with Crippen LogP contribution in [0.2, 0.25) is 0 Å². The number of aryl methyl sites for hydroxylation is 1. The van der Waals surface area contributed by atoms with E-state index in [1.54, 1.807) is 18.2 Å². The van der Waals surface area contributed by atoms with Gasteiger partial charge in [0, 0.05) is 11.8 Å². The summed E-state index contributed by atoms with van der Waals surface area (Å²) in [6.07, 6.45) is 2.00. The summed E-state index contributed by atoms with van der Waals surface area (Å²) in [5, 5.41) is 0.626. The first-order valence-corrected chi connectivity index (χ1v) is 6.99. The zero-order valence-corrected chi connectivity index (χ0v) is 11.5. The predicted molar refractivity (Wildman–Crippen MR) is 79.9 cm³/mol. The predicted octanol–water partition coefficient (Wildman–Crippen LogP) is 4.78. The van der Waals surface area contributed by atoms with Gasteiger partial charge in [-0.3, -0.25) is 4.79 Å². The largest absolute Gasteiger partial charge is 0.450 e. The molecule has 0 bridgehead atoms. The van der Waals surface area contributed by atoms with Crippen molar-refractivity contribution in [2.75, 3.05) is 0 Å². The molecule has 106 valence electrons. The molecule has 0 aliphatic rings. The molecule has 2 aromatic carbocycles. The Morgan fingerprint density at radius 3 is 2.62 bits per heavy atom. The van der Waals surface area contributed by atoms with E-state index < -0.39 is 5.82 Å². The monoisotopic (exact) mass is 282 g/mol. The molecule has 0 saturated heterocycles. The Kier molecular flexibility index (Phi) is 3.82. The van der Waals surface area contributed by atoms with E-state index in [0.717, 1.165) is 12.8 Å². The number of Topliss-reactive ketones (excluding diaryl/α,β-unsaturated/α-hetero) is 1. The highest BCUT2D eigenvalue weighted by Gasteiger charge is 2.14. The van der Waals surface area contributed by atoms with Crippen molar-refractivity contribution in [1.82, 2.24) is 0 Å². The van der Waals surface area contributed by atoms with Gasteiger partial charge in [-0.1, -0.05) is 42.5 Å². The second-order valence-electron chi connectivity index (χ2n) is 5.03. The van der Waals surface area contributed by atoms with Crippen molar-refractivity contribution in [3.8, 4) is 0 Å². The van der Waals surface area contributed by atoms with E-state index in [0.29, 0.717) is 11.8 Å². The summed E-state index contributed by atoms with van der Waals surface area (Å²) in [6.45, 7) is 0. The van der Waals surface area contributed by atoms with Crippen molar-refractivity contribution in [2.24, 2.45) is 0 Å². The average molecular weight is 282 g/mol. The van der Waals surface area contributed by atoms with Crippen LogP contribution in [0, 0.1) is 5.82 Å². The molecule has 0 amide bonds. The van der Waals surface area contributed by atoms with Crippen molar-refractivity contribution in [3.05, 3.63) is 71.7 Å². The van der Waals surface area contributed by atoms with Crippen molar-refractivity contribution < 1.29 is 13.6 Å². The SMILES string of the molecule is O=C(CCCc1ccccc1)c1cc2cccc(F)c2o1. The van der Waals surface area contributed by atoms with Crippen LogP contribution < -0.4 is 0 Å². The van der Waals surface area contributed by atoms with Crippen LogP contribution in [0.25, 0.3) is 11.0 Å². The lowest BCUT2D eigenvalue weighted by Gasteiger charge is -1.99. The highest BCUT2D eigenvalue weighted by molar-refractivity contribution is 5.97. The van der Waals surface area contributed by atoms with Gasteiger partial charge in [-0.15, -0.1) is 0 Å². The number of benzene rings is 2. The van der Waals surface area contributed by atoms with Gasteiger partial charge >= 0.3 is 0 Å². The van der Waals surface area contributed by atoms with Crippen LogP contribution in [0.15, 0.2) is 59.0 Å². The Morgan fingerprint density at radius 1 is 1.05 bits per heavy atom. The van der Waals surface area contributed by atoms with E-state index in [1.807, 2.05) is 30.3 Å². The van der Waals surface area contributed by atoms with Gasteiger partial charge in [-0.25, -0.2) is 4.39 Å². The van der Waals surface area contributed by atoms with E-state index in [2.05, 4.69) is 0 Å². The van der Waals surface area contributed by atoms with Gasteiger partial charge in [-0.2, -0.15) is 0 Å². The lowest BCUT2D eigenvalue weighted by Crippen LogP contribution is -1.98. The van der Waals surface area contributed by atoms with Crippen molar-refractivity contribution in [3.63, 3.8) is 0 Å². The molecule has 0 aliphatic carbocycles. The number of carbonyl (C=O) groups is 1. The molecule has 0 radical (unpaired) electrons. The fourth-order valence-electron chi connectivity index (χ4n) is 2.39. The van der Waals surface area contributed by atoms with Gasteiger partial charge in [-0.05, 0) is 30.5 Å². The van der Waals surface area contributed by atoms with Gasteiger partial charge in [0.25, 0.3) is 0 Å². The maximum Gasteiger partial charge on any atom is 0.198 e. The van der Waals surface area contributed by atoms with E-state index in [1.165, 1.54) is 11.6 Å². The molecular formula is C18H15FO2. The third-order valence-electron chi connectivity index (χ3n) is 3.48. The number of hydrogen-bond donors (Lipinski definition) is 0. The Labute approximate surface area is 122 Å². The van der Waals surface area contributed by atoms with Gasteiger partial charge in [0.2, 0.25) is 0 Å². The molecule has 0 fully saturated rings. The molecule has 3 heteroatoms. The van der Waals surface area contributed by atoms with Crippen molar-refractivity contribution in [2.45, 2.75) is 19.3 Å². The average Bonchev–Trinajstić information content (AvgIpc) is 2.94. The third kappa shape index (κ3) is 3.02. The molecule has 3 aromatic rings. The fourth-order valence-corrected chi connectivity index (χ4v) is 2.39. The Hall–Kier alpha value is -2.42. The van der Waals surface area contributed by atoms with Crippen molar-refractivity contribution in [1.29, 1.82) is 0 Å². The second-order valence-corrected chi connectivity index (χ2v) is 5.03. The molecular weight excluding hydrogens is 267 g/mol. The number of halogens is 1. The van der Waals surface area contributed by atoms with E-state index >= 15 is 0 Å². The van der Waals surface area contributed by atoms with Crippen LogP contribution in [-0.2, 0) is 6.42 Å². The summed E-state index contributed by atoms with van der Waals surface area (Å²) in [7, 11) is 0. The first kappa shape index (κ1) is 13.6. The summed E-state index contributed by atoms with van der Waals surface area (Å²) in [4.78, 5) is 12.1. The quantitative estimate of drug-likeness (QED) is 0.630. The van der Waals surface area contributed by atoms with E-state index in [-0.39, 0.29) is 17.1 Å². The van der Waals surface area contributed by atoms with Crippen LogP contribution in [0.3, 0.4) is 0 Å². The molecule has 2 nitrogen and oxygen atoms in total. The summed E-state index contributed by atoms with van der Waals surface area (Å²) in [5.74, 6) is -0.277. The summed E-state index contributed by atoms with van der Waals surface area (Å²) < 4.78 is 18.9. The molecule has 0 aliphatic heterocycles. The normalized spacial score (nSPS) is 10.9. The van der Waals surface area contributed by atoms with Gasteiger partial charge < -0.3 is 4.42 Å². The number of para-hydroxylation sites is 1. The first-order valence-electron chi connectivity index (χ1n) is 6.99. The number of furan rings is 1. The molecule has 0 atom stereocenters. The molecule has 1 aromatic heterocycles. The van der Waals surface area contributed by atoms with Gasteiger partial charge in [0.1, 0.15) is 0 Å². The van der Waals surface area contributed by atoms with E-state index in [9.17, 15) is 9.18 Å². The second kappa shape index (κ2) is 5.92. The van der Waals surface area contributed by atoms with Crippen LogP contribution in [-0.4, -0.2) is 5.78 Å². The number of hydrogen-bond acceptors (Lipinski definition) is 2.